The van der Waals surface area contributed by atoms with Gasteiger partial charge in [-0.3, -0.25) is 0 Å². The number of nitrogens with zero attached hydrogens (tertiary/aromatic N) is 2. The lowest BCUT2D eigenvalue weighted by atomic mass is 10.0. The Morgan fingerprint density at radius 1 is 0.455 bits per heavy atom. The molecule has 9 rings (SSSR count). The highest BCUT2D eigenvalue weighted by Crippen LogP contribution is 2.43. The highest BCUT2D eigenvalue weighted by atomic mass is 15.0. The van der Waals surface area contributed by atoms with Gasteiger partial charge in [0.2, 0.25) is 0 Å². The van der Waals surface area contributed by atoms with E-state index in [0.717, 1.165) is 33.3 Å². The van der Waals surface area contributed by atoms with Crippen LogP contribution in [0, 0.1) is 0 Å². The molecule has 0 bridgehead atoms. The molecule has 6 aromatic carbocycles. The van der Waals surface area contributed by atoms with E-state index in [1.54, 1.807) is 0 Å². The van der Waals surface area contributed by atoms with Gasteiger partial charge in [0.1, 0.15) is 0 Å². The summed E-state index contributed by atoms with van der Waals surface area (Å²) in [7, 11) is 0. The van der Waals surface area contributed by atoms with Crippen molar-refractivity contribution in [3.8, 4) is 11.4 Å². The largest absolute Gasteiger partial charge is 0.397 e. The predicted molar refractivity (Wildman–Crippen MR) is 188 cm³/mol. The summed E-state index contributed by atoms with van der Waals surface area (Å²) < 4.78 is 4.68. The van der Waals surface area contributed by atoms with E-state index in [0.29, 0.717) is 11.4 Å². The summed E-state index contributed by atoms with van der Waals surface area (Å²) in [5.74, 6) is 0. The molecule has 4 heteroatoms. The van der Waals surface area contributed by atoms with Crippen LogP contribution in [0.2, 0.25) is 0 Å². The van der Waals surface area contributed by atoms with Gasteiger partial charge in [0.25, 0.3) is 0 Å². The number of allylic oxidation sites excluding steroid dienone is 2. The number of nitrogens with two attached hydrogens (primary N) is 2. The lowest BCUT2D eigenvalue weighted by Crippen LogP contribution is -2.02. The van der Waals surface area contributed by atoms with Gasteiger partial charge >= 0.3 is 0 Å². The summed E-state index contributed by atoms with van der Waals surface area (Å²) in [4.78, 5) is 0. The molecule has 0 unspecified atom stereocenters. The van der Waals surface area contributed by atoms with Crippen LogP contribution < -0.4 is 11.5 Å². The molecular formula is C40H32N4. The molecule has 2 heterocycles. The third-order valence-corrected chi connectivity index (χ3v) is 8.90. The predicted octanol–water partition coefficient (Wildman–Crippen LogP) is 9.67. The number of hydrogen-bond acceptors (Lipinski definition) is 2. The minimum absolute atomic E-state index is 0.641. The van der Waals surface area contributed by atoms with E-state index in [1.807, 2.05) is 26.0 Å². The highest BCUT2D eigenvalue weighted by Gasteiger charge is 2.25. The van der Waals surface area contributed by atoms with Gasteiger partial charge in [-0.2, -0.15) is 0 Å². The van der Waals surface area contributed by atoms with Gasteiger partial charge in [0, 0.05) is 49.4 Å². The van der Waals surface area contributed by atoms with Gasteiger partial charge in [0.05, 0.1) is 33.5 Å². The third-order valence-electron chi connectivity index (χ3n) is 8.90. The van der Waals surface area contributed by atoms with Gasteiger partial charge in [0.15, 0.2) is 0 Å². The molecule has 0 fully saturated rings. The van der Waals surface area contributed by atoms with Gasteiger partial charge in [-0.25, -0.2) is 0 Å². The number of fused-ring (bicyclic) bond motifs is 6. The van der Waals surface area contributed by atoms with Crippen LogP contribution in [-0.4, -0.2) is 9.13 Å². The second kappa shape index (κ2) is 9.92. The zero-order valence-electron chi connectivity index (χ0n) is 24.8. The number of aromatic nitrogens is 2. The average molecular weight is 569 g/mol. The Kier molecular flexibility index (Phi) is 5.85. The first kappa shape index (κ1) is 25.9. The lowest BCUT2D eigenvalue weighted by molar-refractivity contribution is 1.17. The summed E-state index contributed by atoms with van der Waals surface area (Å²) >= 11 is 0. The Morgan fingerprint density at radius 2 is 0.773 bits per heavy atom. The van der Waals surface area contributed by atoms with Crippen LogP contribution >= 0.6 is 0 Å². The molecular weight excluding hydrogens is 536 g/mol. The van der Waals surface area contributed by atoms with Crippen molar-refractivity contribution in [1.29, 1.82) is 0 Å². The SMILES string of the molecule is C/C=C\C.NC1=C(N)c2cc(-n3c4ccccc4c4ccccc43)cc3cc(-n4c5ccccc5c5ccccc54)cc1c23. The van der Waals surface area contributed by atoms with Crippen LogP contribution in [0.3, 0.4) is 0 Å². The van der Waals surface area contributed by atoms with Gasteiger partial charge in [-0.05, 0) is 67.8 Å². The molecule has 1 aliphatic rings. The molecule has 0 atom stereocenters. The number of rotatable bonds is 2. The highest BCUT2D eigenvalue weighted by molar-refractivity contribution is 6.16. The standard InChI is InChI=1S/C36H24N4.C4H8/c37-35-28-19-22(39-30-13-5-1-9-24(30)25-10-2-6-14-31(25)39)17-21-18-23(20-29(34(21)28)36(35)38)40-32-15-7-3-11-26(32)27-12-4-8-16-33(27)40;1-3-4-2/h1-20H,37-38H2;3-4H,1-2H3/b;4-3-. The lowest BCUT2D eigenvalue weighted by Gasteiger charge is -2.14. The first-order valence-corrected chi connectivity index (χ1v) is 15.0. The molecule has 0 spiro atoms. The van der Waals surface area contributed by atoms with Crippen LogP contribution in [-0.2, 0) is 0 Å². The molecule has 0 saturated carbocycles. The molecule has 212 valence electrons. The first-order chi connectivity index (χ1) is 21.6. The normalized spacial score (nSPS) is 12.8. The average Bonchev–Trinajstić information content (AvgIpc) is 3.67. The minimum atomic E-state index is 0.641. The first-order valence-electron chi connectivity index (χ1n) is 15.0. The van der Waals surface area contributed by atoms with Crippen LogP contribution in [0.5, 0.6) is 0 Å². The Bertz CT molecular complexity index is 2210. The molecule has 0 amide bonds. The summed E-state index contributed by atoms with van der Waals surface area (Å²) in [6.07, 6.45) is 4.00. The quantitative estimate of drug-likeness (QED) is 0.204. The van der Waals surface area contributed by atoms with Crippen molar-refractivity contribution in [3.63, 3.8) is 0 Å². The van der Waals surface area contributed by atoms with E-state index >= 15 is 0 Å². The summed E-state index contributed by atoms with van der Waals surface area (Å²) in [5, 5.41) is 7.17. The molecule has 0 radical (unpaired) electrons. The van der Waals surface area contributed by atoms with E-state index in [1.165, 1.54) is 43.6 Å². The van der Waals surface area contributed by atoms with Crippen molar-refractivity contribution >= 4 is 65.8 Å². The van der Waals surface area contributed by atoms with Crippen LogP contribution in [0.4, 0.5) is 0 Å². The van der Waals surface area contributed by atoms with Crippen molar-refractivity contribution in [2.45, 2.75) is 13.8 Å². The topological polar surface area (TPSA) is 61.9 Å². The maximum absolute atomic E-state index is 6.72. The summed E-state index contributed by atoms with van der Waals surface area (Å²) in [5.41, 5.74) is 23.5. The van der Waals surface area contributed by atoms with Crippen molar-refractivity contribution in [1.82, 2.24) is 9.13 Å². The molecule has 2 aromatic heterocycles. The van der Waals surface area contributed by atoms with E-state index in [4.69, 9.17) is 11.5 Å². The molecule has 0 saturated heterocycles. The fourth-order valence-electron chi connectivity index (χ4n) is 6.86. The van der Waals surface area contributed by atoms with Crippen molar-refractivity contribution in [3.05, 3.63) is 145 Å². The van der Waals surface area contributed by atoms with Crippen LogP contribution in [0.25, 0.3) is 77.2 Å². The van der Waals surface area contributed by atoms with Crippen LogP contribution in [0.1, 0.15) is 25.0 Å². The second-order valence-corrected chi connectivity index (χ2v) is 11.3. The van der Waals surface area contributed by atoms with Gasteiger partial charge < -0.3 is 20.6 Å². The van der Waals surface area contributed by atoms with E-state index < -0.39 is 0 Å². The monoisotopic (exact) mass is 568 g/mol. The zero-order chi connectivity index (χ0) is 29.9. The van der Waals surface area contributed by atoms with Crippen LogP contribution in [0.15, 0.2) is 133 Å². The fourth-order valence-corrected chi connectivity index (χ4v) is 6.86. The van der Waals surface area contributed by atoms with Gasteiger partial charge in [-0.15, -0.1) is 0 Å². The minimum Gasteiger partial charge on any atom is -0.397 e. The summed E-state index contributed by atoms with van der Waals surface area (Å²) in [6.45, 7) is 4.00. The van der Waals surface area contributed by atoms with Crippen molar-refractivity contribution in [2.75, 3.05) is 0 Å². The molecule has 4 N–H and O–H groups in total. The number of benzene rings is 6. The smallest absolute Gasteiger partial charge is 0.0635 e. The molecule has 0 aliphatic heterocycles. The molecule has 4 nitrogen and oxygen atoms in total. The Labute approximate surface area is 255 Å². The molecule has 1 aliphatic carbocycles. The number of para-hydroxylation sites is 4. The Morgan fingerprint density at radius 3 is 1.09 bits per heavy atom. The molecule has 8 aromatic rings. The van der Waals surface area contributed by atoms with Crippen molar-refractivity contribution < 1.29 is 0 Å². The third kappa shape index (κ3) is 3.64. The molecule has 44 heavy (non-hydrogen) atoms. The second-order valence-electron chi connectivity index (χ2n) is 11.3. The van der Waals surface area contributed by atoms with E-state index in [9.17, 15) is 0 Å². The van der Waals surface area contributed by atoms with Crippen molar-refractivity contribution in [2.24, 2.45) is 11.5 Å². The fraction of sp³-hybridized carbons (Fsp3) is 0.0500. The summed E-state index contributed by atoms with van der Waals surface area (Å²) in [6, 6.07) is 43.3. The maximum Gasteiger partial charge on any atom is 0.0635 e. The number of hydrogen-bond donors (Lipinski definition) is 2. The van der Waals surface area contributed by atoms with Gasteiger partial charge in [-0.1, -0.05) is 84.9 Å². The Balaban J connectivity index is 0.000000684. The van der Waals surface area contributed by atoms with E-state index in [-0.39, 0.29) is 0 Å². The zero-order valence-corrected chi connectivity index (χ0v) is 24.8. The van der Waals surface area contributed by atoms with E-state index in [2.05, 4.69) is 130 Å². The maximum atomic E-state index is 6.72. The Hall–Kier alpha value is -5.74.